The zero-order valence-corrected chi connectivity index (χ0v) is 12.8. The van der Waals surface area contributed by atoms with E-state index in [0.717, 1.165) is 5.56 Å². The van der Waals surface area contributed by atoms with Gasteiger partial charge in [-0.15, -0.1) is 5.10 Å². The second-order valence-corrected chi connectivity index (χ2v) is 4.27. The molecule has 1 atom stereocenters. The van der Waals surface area contributed by atoms with Crippen LogP contribution < -0.4 is 32.6 Å². The van der Waals surface area contributed by atoms with E-state index in [0.29, 0.717) is 23.9 Å². The Bertz CT molecular complexity index is 536. The summed E-state index contributed by atoms with van der Waals surface area (Å²) in [5.74, 6) is 1.76. The number of quaternary nitrogens is 1. The Labute approximate surface area is 129 Å². The van der Waals surface area contributed by atoms with E-state index >= 15 is 0 Å². The Kier molecular flexibility index (Phi) is 6.41. The topological polar surface area (TPSA) is 85.8 Å². The SMILES string of the molecule is COCC1[NH2+]C(c2ccc(OC)c(OC)c2)=NNC1=O.[Cl-]. The molecule has 7 nitrogen and oxygen atoms in total. The maximum Gasteiger partial charge on any atom is 0.301 e. The second kappa shape index (κ2) is 7.82. The third kappa shape index (κ3) is 3.84. The molecule has 1 unspecified atom stereocenters. The number of hydrogen-bond donors (Lipinski definition) is 2. The van der Waals surface area contributed by atoms with Gasteiger partial charge in [-0.05, 0) is 18.2 Å². The lowest BCUT2D eigenvalue weighted by atomic mass is 10.1. The number of nitrogens with one attached hydrogen (secondary N) is 1. The first-order valence-corrected chi connectivity index (χ1v) is 6.13. The second-order valence-electron chi connectivity index (χ2n) is 4.27. The van der Waals surface area contributed by atoms with E-state index in [2.05, 4.69) is 10.5 Å². The fourth-order valence-electron chi connectivity index (χ4n) is 1.96. The highest BCUT2D eigenvalue weighted by Crippen LogP contribution is 2.27. The molecule has 1 aliphatic rings. The Balaban J connectivity index is 0.00000220. The zero-order valence-electron chi connectivity index (χ0n) is 12.1. The normalized spacial score (nSPS) is 17.4. The molecule has 116 valence electrons. The van der Waals surface area contributed by atoms with Crippen molar-refractivity contribution in [1.82, 2.24) is 5.43 Å². The molecule has 3 N–H and O–H groups in total. The van der Waals surface area contributed by atoms with E-state index in [1.807, 2.05) is 12.1 Å². The highest BCUT2D eigenvalue weighted by Gasteiger charge is 2.29. The van der Waals surface area contributed by atoms with Crippen molar-refractivity contribution in [3.05, 3.63) is 23.8 Å². The number of hydrazone groups is 1. The van der Waals surface area contributed by atoms with Gasteiger partial charge < -0.3 is 26.6 Å². The van der Waals surface area contributed by atoms with E-state index in [9.17, 15) is 4.79 Å². The van der Waals surface area contributed by atoms with Gasteiger partial charge in [0.15, 0.2) is 17.5 Å². The fourth-order valence-corrected chi connectivity index (χ4v) is 1.96. The Morgan fingerprint density at radius 3 is 2.57 bits per heavy atom. The number of ether oxygens (including phenoxy) is 3. The molecule has 1 aliphatic heterocycles. The van der Waals surface area contributed by atoms with Crippen molar-refractivity contribution in [1.29, 1.82) is 0 Å². The van der Waals surface area contributed by atoms with Gasteiger partial charge >= 0.3 is 5.91 Å². The van der Waals surface area contributed by atoms with Crippen LogP contribution in [0.25, 0.3) is 0 Å². The predicted octanol–water partition coefficient (Wildman–Crippen LogP) is -3.92. The van der Waals surface area contributed by atoms with Crippen molar-refractivity contribution < 1.29 is 36.7 Å². The third-order valence-electron chi connectivity index (χ3n) is 3.01. The first-order chi connectivity index (χ1) is 9.69. The van der Waals surface area contributed by atoms with Crippen molar-refractivity contribution >= 4 is 11.7 Å². The Morgan fingerprint density at radius 1 is 1.24 bits per heavy atom. The van der Waals surface area contributed by atoms with Crippen LogP contribution in [0.4, 0.5) is 0 Å². The van der Waals surface area contributed by atoms with Gasteiger partial charge in [0.1, 0.15) is 6.61 Å². The van der Waals surface area contributed by atoms with Crippen LogP contribution in [0.2, 0.25) is 0 Å². The molecular formula is C13H18ClN3O4. The summed E-state index contributed by atoms with van der Waals surface area (Å²) in [5.41, 5.74) is 3.33. The van der Waals surface area contributed by atoms with Crippen LogP contribution in [0.15, 0.2) is 23.3 Å². The fraction of sp³-hybridized carbons (Fsp3) is 0.385. The van der Waals surface area contributed by atoms with Gasteiger partial charge in [-0.25, -0.2) is 5.43 Å². The van der Waals surface area contributed by atoms with Gasteiger partial charge in [-0.3, -0.25) is 10.1 Å². The summed E-state index contributed by atoms with van der Waals surface area (Å²) >= 11 is 0. The number of nitrogens with zero attached hydrogens (tertiary/aromatic N) is 1. The number of hydrogen-bond acceptors (Lipinski definition) is 5. The summed E-state index contributed by atoms with van der Waals surface area (Å²) in [6.45, 7) is 0.318. The minimum absolute atomic E-state index is 0. The predicted molar refractivity (Wildman–Crippen MR) is 71.8 cm³/mol. The van der Waals surface area contributed by atoms with Crippen LogP contribution in [-0.4, -0.2) is 45.7 Å². The van der Waals surface area contributed by atoms with Crippen molar-refractivity contribution in [3.63, 3.8) is 0 Å². The van der Waals surface area contributed by atoms with Crippen LogP contribution in [0.1, 0.15) is 5.56 Å². The summed E-state index contributed by atoms with van der Waals surface area (Å²) in [5, 5.41) is 5.84. The quantitative estimate of drug-likeness (QED) is 0.581. The minimum Gasteiger partial charge on any atom is -1.00 e. The van der Waals surface area contributed by atoms with Crippen molar-refractivity contribution in [3.8, 4) is 11.5 Å². The van der Waals surface area contributed by atoms with E-state index in [1.54, 1.807) is 32.7 Å². The van der Waals surface area contributed by atoms with Gasteiger partial charge in [-0.2, -0.15) is 0 Å². The zero-order chi connectivity index (χ0) is 14.5. The van der Waals surface area contributed by atoms with Gasteiger partial charge in [-0.1, -0.05) is 0 Å². The lowest BCUT2D eigenvalue weighted by Gasteiger charge is -2.19. The van der Waals surface area contributed by atoms with Crippen LogP contribution in [-0.2, 0) is 9.53 Å². The molecule has 1 aromatic rings. The van der Waals surface area contributed by atoms with Crippen molar-refractivity contribution in [2.45, 2.75) is 6.04 Å². The molecule has 0 saturated carbocycles. The van der Waals surface area contributed by atoms with Gasteiger partial charge in [0.05, 0.1) is 19.8 Å². The number of carbonyl (C=O) groups is 1. The first kappa shape index (κ1) is 17.2. The summed E-state index contributed by atoms with van der Waals surface area (Å²) in [6, 6.07) is 5.13. The average Bonchev–Trinajstić information content (AvgIpc) is 2.49. The average molecular weight is 316 g/mol. The summed E-state index contributed by atoms with van der Waals surface area (Å²) in [7, 11) is 4.71. The van der Waals surface area contributed by atoms with Crippen molar-refractivity contribution in [2.75, 3.05) is 27.9 Å². The lowest BCUT2D eigenvalue weighted by Crippen LogP contribution is -3.00. The molecule has 1 aromatic carbocycles. The highest BCUT2D eigenvalue weighted by molar-refractivity contribution is 5.96. The number of nitrogens with two attached hydrogens (primary N) is 1. The minimum atomic E-state index is -0.347. The number of amidine groups is 1. The molecular weight excluding hydrogens is 298 g/mol. The number of rotatable bonds is 5. The van der Waals surface area contributed by atoms with E-state index < -0.39 is 0 Å². The monoisotopic (exact) mass is 315 g/mol. The molecule has 1 heterocycles. The number of benzene rings is 1. The molecule has 0 bridgehead atoms. The summed E-state index contributed by atoms with van der Waals surface area (Å²) < 4.78 is 15.5. The highest BCUT2D eigenvalue weighted by atomic mass is 35.5. The van der Waals surface area contributed by atoms with E-state index in [1.165, 1.54) is 0 Å². The molecule has 0 radical (unpaired) electrons. The number of amides is 1. The number of carbonyl (C=O) groups excluding carboxylic acids is 1. The first-order valence-electron chi connectivity index (χ1n) is 6.13. The Hall–Kier alpha value is -1.83. The van der Waals surface area contributed by atoms with Crippen LogP contribution >= 0.6 is 0 Å². The molecule has 1 amide bonds. The van der Waals surface area contributed by atoms with Crippen LogP contribution in [0, 0.1) is 0 Å². The summed E-state index contributed by atoms with van der Waals surface area (Å²) in [6.07, 6.45) is 0. The van der Waals surface area contributed by atoms with Crippen LogP contribution in [0.5, 0.6) is 11.5 Å². The largest absolute Gasteiger partial charge is 1.00 e. The number of methoxy groups -OCH3 is 3. The lowest BCUT2D eigenvalue weighted by molar-refractivity contribution is -0.571. The van der Waals surface area contributed by atoms with Gasteiger partial charge in [0, 0.05) is 7.11 Å². The summed E-state index contributed by atoms with van der Waals surface area (Å²) in [4.78, 5) is 11.6. The van der Waals surface area contributed by atoms with E-state index in [4.69, 9.17) is 14.2 Å². The maximum absolute atomic E-state index is 11.6. The van der Waals surface area contributed by atoms with E-state index in [-0.39, 0.29) is 24.4 Å². The van der Waals surface area contributed by atoms with Gasteiger partial charge in [0.25, 0.3) is 0 Å². The number of halogens is 1. The Morgan fingerprint density at radius 2 is 1.95 bits per heavy atom. The molecule has 21 heavy (non-hydrogen) atoms. The molecule has 0 spiro atoms. The molecule has 0 fully saturated rings. The third-order valence-corrected chi connectivity index (χ3v) is 3.01. The molecule has 0 aromatic heterocycles. The van der Waals surface area contributed by atoms with Crippen LogP contribution in [0.3, 0.4) is 0 Å². The standard InChI is InChI=1S/C13H17N3O4.ClH/c1-18-7-9-13(17)16-15-12(14-9)8-4-5-10(19-2)11(6-8)20-3;/h4-6,9H,7H2,1-3H3,(H,14,15)(H,16,17);1H. The molecule has 0 aliphatic carbocycles. The van der Waals surface area contributed by atoms with Gasteiger partial charge in [0.2, 0.25) is 5.84 Å². The molecule has 8 heteroatoms. The molecule has 2 rings (SSSR count). The molecule has 0 saturated heterocycles. The smallest absolute Gasteiger partial charge is 0.301 e. The van der Waals surface area contributed by atoms with Crippen molar-refractivity contribution in [2.24, 2.45) is 5.10 Å². The maximum atomic E-state index is 11.6.